The summed E-state index contributed by atoms with van der Waals surface area (Å²) in [5, 5.41) is 11.8. The number of nitrogens with zero attached hydrogens (tertiary/aromatic N) is 6. The van der Waals surface area contributed by atoms with Gasteiger partial charge in [-0.05, 0) is 56.8 Å². The van der Waals surface area contributed by atoms with Gasteiger partial charge in [-0.25, -0.2) is 33.8 Å². The monoisotopic (exact) mass is 896 g/mol. The lowest BCUT2D eigenvalue weighted by atomic mass is 9.96. The molecule has 6 atom stereocenters. The molecule has 0 aliphatic rings. The lowest BCUT2D eigenvalue weighted by molar-refractivity contribution is -0.146. The van der Waals surface area contributed by atoms with Crippen molar-refractivity contribution < 1.29 is 52.7 Å². The number of carbonyl (C=O) groups excluding carboxylic acids is 11. The molecule has 358 valence electrons. The van der Waals surface area contributed by atoms with Crippen LogP contribution in [0.15, 0.2) is 0 Å². The number of urea groups is 5. The van der Waals surface area contributed by atoms with Crippen molar-refractivity contribution in [2.45, 2.75) is 125 Å². The van der Waals surface area contributed by atoms with E-state index in [2.05, 4.69) is 21.3 Å². The van der Waals surface area contributed by atoms with Crippen molar-refractivity contribution in [3.05, 3.63) is 0 Å². The lowest BCUT2D eigenvalue weighted by Crippen LogP contribution is -2.61. The molecule has 0 aromatic heterocycles. The topological polar surface area (TPSA) is 267 Å². The number of amides is 15. The SMILES string of the molecule is CNC(=O)N(C)C(=O)N(C)C(=O)NC(=O)N(C)[C@H](C)C(=O)N(C)[C@@H](CC(C)C)C(=O)NC(C(=O)N(C)[C@@H](CC(C)C)C(=O)N[C@H](C)C(=O)NC(=O)N(C)[C@H](C=O)CC(C)C)C(C)C. The lowest BCUT2D eigenvalue weighted by Gasteiger charge is -2.36. The van der Waals surface area contributed by atoms with Crippen molar-refractivity contribution in [3.8, 4) is 0 Å². The van der Waals surface area contributed by atoms with Crippen molar-refractivity contribution in [3.63, 3.8) is 0 Å². The van der Waals surface area contributed by atoms with E-state index in [9.17, 15) is 52.7 Å². The number of nitrogens with one attached hydrogen (secondary N) is 5. The van der Waals surface area contributed by atoms with Gasteiger partial charge in [-0.2, -0.15) is 0 Å². The molecule has 0 aliphatic heterocycles. The summed E-state index contributed by atoms with van der Waals surface area (Å²) in [7, 11) is 8.83. The highest BCUT2D eigenvalue weighted by molar-refractivity contribution is 6.05. The van der Waals surface area contributed by atoms with E-state index in [0.717, 1.165) is 28.8 Å². The summed E-state index contributed by atoms with van der Waals surface area (Å²) in [6.45, 7) is 17.2. The molecule has 0 radical (unpaired) electrons. The standard InChI is InChI=1S/C41H73N11O11/c1-22(2)18-28(21-53)48(13)38(60)45-32(54)26(9)43-33(55)29(19-23(3)4)50(15)36(58)31(25(7)8)44-34(56)30(20-24(5)6)49(14)35(57)27(10)47(12)39(61)46-40(62)52(17)41(63)51(16)37(59)42-11/h21-31H,18-20H2,1-17H3,(H,42,59)(H,43,55)(H,44,56)(H,45,54,60)(H,46,61,62)/t26-,27-,28+,29+,30+,31?/m1/s1. The third kappa shape index (κ3) is 17.1. The normalized spacial score (nSPS) is 13.9. The quantitative estimate of drug-likeness (QED) is 0.116. The highest BCUT2D eigenvalue weighted by Crippen LogP contribution is 2.18. The van der Waals surface area contributed by atoms with Crippen LogP contribution in [-0.2, 0) is 28.8 Å². The number of likely N-dealkylation sites (N-methyl/N-ethyl adjacent to an activating group) is 4. The molecule has 0 spiro atoms. The first-order valence-corrected chi connectivity index (χ1v) is 20.9. The molecule has 0 aromatic carbocycles. The second-order valence-corrected chi connectivity index (χ2v) is 17.4. The van der Waals surface area contributed by atoms with Crippen molar-refractivity contribution in [1.82, 2.24) is 56.0 Å². The van der Waals surface area contributed by atoms with Gasteiger partial charge in [0.05, 0.1) is 6.04 Å². The Bertz CT molecular complexity index is 1670. The van der Waals surface area contributed by atoms with Crippen LogP contribution in [0.1, 0.15) is 88.5 Å². The van der Waals surface area contributed by atoms with Gasteiger partial charge in [-0.3, -0.25) is 34.6 Å². The van der Waals surface area contributed by atoms with Crippen LogP contribution >= 0.6 is 0 Å². The zero-order chi connectivity index (χ0) is 49.4. The predicted molar refractivity (Wildman–Crippen MR) is 234 cm³/mol. The minimum atomic E-state index is -1.24. The van der Waals surface area contributed by atoms with Crippen LogP contribution in [0.2, 0.25) is 0 Å². The molecule has 22 nitrogen and oxygen atoms in total. The molecule has 1 unspecified atom stereocenters. The summed E-state index contributed by atoms with van der Waals surface area (Å²) in [5.74, 6) is -4.21. The van der Waals surface area contributed by atoms with E-state index in [0.29, 0.717) is 22.5 Å². The zero-order valence-electron chi connectivity index (χ0n) is 40.1. The molecule has 5 N–H and O–H groups in total. The van der Waals surface area contributed by atoms with Gasteiger partial charge in [0.25, 0.3) is 0 Å². The van der Waals surface area contributed by atoms with Gasteiger partial charge in [-0.1, -0.05) is 55.4 Å². The van der Waals surface area contributed by atoms with Crippen molar-refractivity contribution in [2.75, 3.05) is 49.3 Å². The Labute approximate surface area is 371 Å². The summed E-state index contributed by atoms with van der Waals surface area (Å²) in [6, 6.07) is -11.6. The Morgan fingerprint density at radius 3 is 1.35 bits per heavy atom. The number of hydrogen-bond acceptors (Lipinski definition) is 11. The molecule has 0 saturated carbocycles. The summed E-state index contributed by atoms with van der Waals surface area (Å²) in [5.41, 5.74) is 0. The maximum absolute atomic E-state index is 14.2. The van der Waals surface area contributed by atoms with E-state index in [1.165, 1.54) is 54.0 Å². The van der Waals surface area contributed by atoms with Gasteiger partial charge in [0, 0.05) is 49.3 Å². The zero-order valence-corrected chi connectivity index (χ0v) is 40.1. The van der Waals surface area contributed by atoms with Crippen LogP contribution in [0.5, 0.6) is 0 Å². The fourth-order valence-corrected chi connectivity index (χ4v) is 6.15. The molecule has 22 heteroatoms. The van der Waals surface area contributed by atoms with Gasteiger partial charge in [0.2, 0.25) is 29.5 Å². The largest absolute Gasteiger partial charge is 0.343 e. The summed E-state index contributed by atoms with van der Waals surface area (Å²) in [4.78, 5) is 149. The van der Waals surface area contributed by atoms with E-state index >= 15 is 0 Å². The summed E-state index contributed by atoms with van der Waals surface area (Å²) in [6.07, 6.45) is 1.30. The van der Waals surface area contributed by atoms with Crippen LogP contribution in [-0.4, -0.2) is 181 Å². The molecule has 0 heterocycles. The van der Waals surface area contributed by atoms with E-state index in [-0.39, 0.29) is 30.6 Å². The first kappa shape index (κ1) is 57.2. The highest BCUT2D eigenvalue weighted by atomic mass is 16.2. The van der Waals surface area contributed by atoms with Crippen LogP contribution < -0.4 is 26.6 Å². The van der Waals surface area contributed by atoms with Crippen molar-refractivity contribution in [1.29, 1.82) is 0 Å². The Morgan fingerprint density at radius 1 is 0.492 bits per heavy atom. The molecule has 0 fully saturated rings. The van der Waals surface area contributed by atoms with E-state index in [4.69, 9.17) is 0 Å². The number of rotatable bonds is 19. The molecule has 0 aromatic rings. The molecule has 63 heavy (non-hydrogen) atoms. The minimum absolute atomic E-state index is 0.0998. The predicted octanol–water partition coefficient (Wildman–Crippen LogP) is 1.63. The van der Waals surface area contributed by atoms with Crippen LogP contribution in [0.25, 0.3) is 0 Å². The van der Waals surface area contributed by atoms with Crippen molar-refractivity contribution in [2.24, 2.45) is 23.7 Å². The smallest absolute Gasteiger partial charge is 0.335 e. The van der Waals surface area contributed by atoms with E-state index in [1.807, 2.05) is 46.9 Å². The van der Waals surface area contributed by atoms with Gasteiger partial charge < -0.3 is 40.3 Å². The fraction of sp³-hybridized carbons (Fsp3) is 0.732. The second-order valence-electron chi connectivity index (χ2n) is 17.4. The number of hydrogen-bond donors (Lipinski definition) is 5. The summed E-state index contributed by atoms with van der Waals surface area (Å²) < 4.78 is 0. The summed E-state index contributed by atoms with van der Waals surface area (Å²) >= 11 is 0. The molecule has 0 bridgehead atoms. The highest BCUT2D eigenvalue weighted by Gasteiger charge is 2.39. The fourth-order valence-electron chi connectivity index (χ4n) is 6.15. The maximum Gasteiger partial charge on any atom is 0.335 e. The van der Waals surface area contributed by atoms with Gasteiger partial charge in [-0.15, -0.1) is 0 Å². The molecule has 0 saturated heterocycles. The van der Waals surface area contributed by atoms with Gasteiger partial charge >= 0.3 is 30.2 Å². The second kappa shape index (κ2) is 25.9. The van der Waals surface area contributed by atoms with Crippen molar-refractivity contribution >= 4 is 66.0 Å². The minimum Gasteiger partial charge on any atom is -0.343 e. The van der Waals surface area contributed by atoms with Crippen LogP contribution in [0.3, 0.4) is 0 Å². The molecule has 0 rings (SSSR count). The average molecular weight is 896 g/mol. The number of imide groups is 4. The first-order valence-electron chi connectivity index (χ1n) is 20.9. The number of carbonyl (C=O) groups is 11. The van der Waals surface area contributed by atoms with Crippen LogP contribution in [0, 0.1) is 23.7 Å². The Morgan fingerprint density at radius 2 is 0.921 bits per heavy atom. The Kier molecular flexibility index (Phi) is 23.5. The molecule has 0 aliphatic carbocycles. The Balaban J connectivity index is 6.20. The van der Waals surface area contributed by atoms with Crippen LogP contribution in [0.4, 0.5) is 24.0 Å². The third-order valence-corrected chi connectivity index (χ3v) is 10.4. The van der Waals surface area contributed by atoms with Gasteiger partial charge in [0.1, 0.15) is 36.5 Å². The average Bonchev–Trinajstić information content (AvgIpc) is 3.21. The van der Waals surface area contributed by atoms with E-state index in [1.54, 1.807) is 13.8 Å². The molecular formula is C41H73N11O11. The van der Waals surface area contributed by atoms with Gasteiger partial charge in [0.15, 0.2) is 0 Å². The van der Waals surface area contributed by atoms with E-state index < -0.39 is 102 Å². The Hall–Kier alpha value is -5.83. The maximum atomic E-state index is 14.2. The molecular weight excluding hydrogens is 823 g/mol. The number of aldehydes is 1. The first-order chi connectivity index (χ1) is 29.0. The molecule has 15 amide bonds. The third-order valence-electron chi connectivity index (χ3n) is 10.4.